The Morgan fingerprint density at radius 1 is 1.43 bits per heavy atom. The second-order valence-corrected chi connectivity index (χ2v) is 4.82. The number of carbonyl (C=O) groups is 1. The number of benzene rings is 1. The van der Waals surface area contributed by atoms with Gasteiger partial charge in [0.1, 0.15) is 5.69 Å². The third kappa shape index (κ3) is 3.69. The van der Waals surface area contributed by atoms with Gasteiger partial charge in [-0.25, -0.2) is 0 Å². The largest absolute Gasteiger partial charge is 0.379 e. The van der Waals surface area contributed by atoms with E-state index in [1.54, 1.807) is 11.0 Å². The highest BCUT2D eigenvalue weighted by Gasteiger charge is 2.21. The van der Waals surface area contributed by atoms with Crippen molar-refractivity contribution < 1.29 is 14.5 Å². The molecule has 0 aromatic heterocycles. The molecule has 0 atom stereocenters. The summed E-state index contributed by atoms with van der Waals surface area (Å²) in [5.41, 5.74) is 0.837. The first-order valence-electron chi connectivity index (χ1n) is 7.02. The predicted octanol–water partition coefficient (Wildman–Crippen LogP) is 1.89. The van der Waals surface area contributed by atoms with Crippen molar-refractivity contribution in [1.82, 2.24) is 4.90 Å². The summed E-state index contributed by atoms with van der Waals surface area (Å²) >= 11 is 0. The number of ether oxygens (including phenoxy) is 1. The molecular weight excluding hydrogens is 274 g/mol. The van der Waals surface area contributed by atoms with Gasteiger partial charge in [0.25, 0.3) is 11.6 Å². The van der Waals surface area contributed by atoms with Crippen LogP contribution in [0.5, 0.6) is 0 Å². The summed E-state index contributed by atoms with van der Waals surface area (Å²) in [5.74, 6) is -0.118. The van der Waals surface area contributed by atoms with Crippen molar-refractivity contribution in [1.29, 1.82) is 0 Å². The lowest BCUT2D eigenvalue weighted by molar-refractivity contribution is -0.384. The summed E-state index contributed by atoms with van der Waals surface area (Å²) in [7, 11) is 0. The van der Waals surface area contributed by atoms with Gasteiger partial charge in [0.2, 0.25) is 0 Å². The lowest BCUT2D eigenvalue weighted by Crippen LogP contribution is -2.40. The first-order chi connectivity index (χ1) is 10.1. The van der Waals surface area contributed by atoms with E-state index in [-0.39, 0.29) is 11.6 Å². The third-order valence-corrected chi connectivity index (χ3v) is 3.30. The molecule has 114 valence electrons. The Labute approximate surface area is 123 Å². The van der Waals surface area contributed by atoms with Crippen molar-refractivity contribution in [2.75, 3.05) is 38.2 Å². The number of hydrogen-bond acceptors (Lipinski definition) is 5. The molecule has 1 aliphatic rings. The molecule has 0 spiro atoms. The number of carbonyl (C=O) groups excluding carboxylic acids is 1. The van der Waals surface area contributed by atoms with Gasteiger partial charge >= 0.3 is 0 Å². The number of nitro benzene ring substituents is 1. The topological polar surface area (TPSA) is 84.7 Å². The van der Waals surface area contributed by atoms with Crippen LogP contribution in [0.15, 0.2) is 18.2 Å². The Hall–Kier alpha value is -2.15. The van der Waals surface area contributed by atoms with Gasteiger partial charge in [-0.05, 0) is 18.6 Å². The molecule has 0 saturated carbocycles. The van der Waals surface area contributed by atoms with Gasteiger partial charge in [0.05, 0.1) is 18.1 Å². The molecule has 1 fully saturated rings. The second-order valence-electron chi connectivity index (χ2n) is 4.82. The fraction of sp³-hybridized carbons (Fsp3) is 0.500. The minimum absolute atomic E-state index is 0.0121. The molecule has 1 aromatic carbocycles. The lowest BCUT2D eigenvalue weighted by atomic mass is 10.1. The van der Waals surface area contributed by atoms with E-state index in [0.29, 0.717) is 44.1 Å². The van der Waals surface area contributed by atoms with E-state index in [1.807, 2.05) is 6.92 Å². The molecule has 1 heterocycles. The highest BCUT2D eigenvalue weighted by molar-refractivity contribution is 5.96. The molecule has 1 N–H and O–H groups in total. The molecule has 0 unspecified atom stereocenters. The van der Waals surface area contributed by atoms with Crippen molar-refractivity contribution in [3.8, 4) is 0 Å². The smallest absolute Gasteiger partial charge is 0.292 e. The van der Waals surface area contributed by atoms with Crippen molar-refractivity contribution in [3.63, 3.8) is 0 Å². The number of morpholine rings is 1. The zero-order valence-electron chi connectivity index (χ0n) is 12.0. The van der Waals surface area contributed by atoms with E-state index in [0.717, 1.165) is 6.42 Å². The zero-order chi connectivity index (χ0) is 15.2. The molecule has 1 aromatic rings. The Morgan fingerprint density at radius 2 is 2.14 bits per heavy atom. The van der Waals surface area contributed by atoms with Crippen LogP contribution < -0.4 is 5.32 Å². The Bertz CT molecular complexity index is 527. The van der Waals surface area contributed by atoms with E-state index < -0.39 is 4.92 Å². The summed E-state index contributed by atoms with van der Waals surface area (Å²) in [6, 6.07) is 4.45. The van der Waals surface area contributed by atoms with Crippen LogP contribution in [-0.2, 0) is 4.74 Å². The number of rotatable bonds is 5. The number of nitrogens with one attached hydrogen (secondary N) is 1. The highest BCUT2D eigenvalue weighted by Crippen LogP contribution is 2.26. The molecule has 0 aliphatic carbocycles. The van der Waals surface area contributed by atoms with Gasteiger partial charge in [0.15, 0.2) is 0 Å². The minimum Gasteiger partial charge on any atom is -0.379 e. The Morgan fingerprint density at radius 3 is 2.76 bits per heavy atom. The van der Waals surface area contributed by atoms with Crippen LogP contribution in [-0.4, -0.2) is 48.6 Å². The monoisotopic (exact) mass is 293 g/mol. The number of nitro groups is 1. The molecule has 0 bridgehead atoms. The average molecular weight is 293 g/mol. The van der Waals surface area contributed by atoms with Crippen LogP contribution in [0.3, 0.4) is 0 Å². The molecule has 21 heavy (non-hydrogen) atoms. The quantitative estimate of drug-likeness (QED) is 0.662. The molecule has 1 aliphatic heterocycles. The van der Waals surface area contributed by atoms with Crippen molar-refractivity contribution in [2.45, 2.75) is 13.3 Å². The van der Waals surface area contributed by atoms with Crippen LogP contribution in [0.2, 0.25) is 0 Å². The van der Waals surface area contributed by atoms with Crippen molar-refractivity contribution >= 4 is 17.3 Å². The van der Waals surface area contributed by atoms with Gasteiger partial charge in [-0.15, -0.1) is 0 Å². The number of anilines is 1. The van der Waals surface area contributed by atoms with E-state index in [1.165, 1.54) is 12.1 Å². The maximum Gasteiger partial charge on any atom is 0.292 e. The highest BCUT2D eigenvalue weighted by atomic mass is 16.6. The summed E-state index contributed by atoms with van der Waals surface area (Å²) in [6.07, 6.45) is 0.846. The number of nitrogens with zero attached hydrogens (tertiary/aromatic N) is 2. The van der Waals surface area contributed by atoms with Gasteiger partial charge < -0.3 is 15.0 Å². The van der Waals surface area contributed by atoms with Crippen molar-refractivity contribution in [2.24, 2.45) is 0 Å². The summed E-state index contributed by atoms with van der Waals surface area (Å²) in [6.45, 7) is 4.75. The fourth-order valence-corrected chi connectivity index (χ4v) is 2.18. The van der Waals surface area contributed by atoms with Crippen LogP contribution in [0, 0.1) is 10.1 Å². The number of hydrogen-bond donors (Lipinski definition) is 1. The van der Waals surface area contributed by atoms with Crippen molar-refractivity contribution in [3.05, 3.63) is 33.9 Å². The van der Waals surface area contributed by atoms with Gasteiger partial charge in [-0.3, -0.25) is 14.9 Å². The lowest BCUT2D eigenvalue weighted by Gasteiger charge is -2.27. The fourth-order valence-electron chi connectivity index (χ4n) is 2.18. The molecular formula is C14H19N3O4. The minimum atomic E-state index is -0.443. The second kappa shape index (κ2) is 7.03. The molecule has 7 heteroatoms. The molecule has 1 amide bonds. The maximum absolute atomic E-state index is 12.4. The SMILES string of the molecule is CCCNc1cc(C(=O)N2CCOCC2)ccc1[N+](=O)[O-]. The molecule has 2 rings (SSSR count). The zero-order valence-corrected chi connectivity index (χ0v) is 12.0. The Kier molecular flexibility index (Phi) is 5.10. The van der Waals surface area contributed by atoms with E-state index in [4.69, 9.17) is 4.74 Å². The Balaban J connectivity index is 2.23. The van der Waals surface area contributed by atoms with Crippen LogP contribution in [0.1, 0.15) is 23.7 Å². The van der Waals surface area contributed by atoms with Gasteiger partial charge in [0, 0.05) is 31.3 Å². The first kappa shape index (κ1) is 15.2. The van der Waals surface area contributed by atoms with E-state index in [2.05, 4.69) is 5.32 Å². The number of amides is 1. The summed E-state index contributed by atoms with van der Waals surface area (Å²) in [5, 5.41) is 14.0. The summed E-state index contributed by atoms with van der Waals surface area (Å²) < 4.78 is 5.22. The van der Waals surface area contributed by atoms with Gasteiger partial charge in [-0.1, -0.05) is 6.92 Å². The molecule has 1 saturated heterocycles. The average Bonchev–Trinajstić information content (AvgIpc) is 2.52. The van der Waals surface area contributed by atoms with Crippen LogP contribution in [0.25, 0.3) is 0 Å². The molecule has 7 nitrogen and oxygen atoms in total. The van der Waals surface area contributed by atoms with Crippen LogP contribution in [0.4, 0.5) is 11.4 Å². The van der Waals surface area contributed by atoms with E-state index >= 15 is 0 Å². The predicted molar refractivity (Wildman–Crippen MR) is 78.6 cm³/mol. The maximum atomic E-state index is 12.4. The van der Waals surface area contributed by atoms with E-state index in [9.17, 15) is 14.9 Å². The summed E-state index contributed by atoms with van der Waals surface area (Å²) in [4.78, 5) is 24.7. The van der Waals surface area contributed by atoms with Gasteiger partial charge in [-0.2, -0.15) is 0 Å². The first-order valence-corrected chi connectivity index (χ1v) is 7.02. The normalized spacial score (nSPS) is 14.8. The van der Waals surface area contributed by atoms with Crippen LogP contribution >= 0.6 is 0 Å². The standard InChI is InChI=1S/C14H19N3O4/c1-2-5-15-12-10-11(3-4-13(12)17(19)20)14(18)16-6-8-21-9-7-16/h3-4,10,15H,2,5-9H2,1H3. The molecule has 0 radical (unpaired) electrons. The third-order valence-electron chi connectivity index (χ3n) is 3.30.